The Kier molecular flexibility index (Phi) is 5.50. The summed E-state index contributed by atoms with van der Waals surface area (Å²) < 4.78 is 15.0. The summed E-state index contributed by atoms with van der Waals surface area (Å²) >= 11 is 6.40. The molecule has 7 heteroatoms. The first kappa shape index (κ1) is 21.0. The van der Waals surface area contributed by atoms with Crippen molar-refractivity contribution in [2.75, 3.05) is 7.11 Å². The zero-order chi connectivity index (χ0) is 22.3. The number of carbonyl (C=O) groups excluding carboxylic acids is 1. The van der Waals surface area contributed by atoms with E-state index >= 15 is 0 Å². The highest BCUT2D eigenvalue weighted by Crippen LogP contribution is 2.37. The summed E-state index contributed by atoms with van der Waals surface area (Å²) in [6.07, 6.45) is 3.22. The highest BCUT2D eigenvalue weighted by molar-refractivity contribution is 6.32. The number of imidazole rings is 1. The van der Waals surface area contributed by atoms with Gasteiger partial charge in [0.1, 0.15) is 5.65 Å². The van der Waals surface area contributed by atoms with Crippen molar-refractivity contribution in [3.8, 4) is 11.5 Å². The Morgan fingerprint density at radius 1 is 1.19 bits per heavy atom. The summed E-state index contributed by atoms with van der Waals surface area (Å²) in [5.74, 6) is 0.884. The lowest BCUT2D eigenvalue weighted by molar-refractivity contribution is 0.104. The van der Waals surface area contributed by atoms with Gasteiger partial charge in [-0.1, -0.05) is 29.8 Å². The number of fused-ring (bicyclic) bond motifs is 3. The Labute approximate surface area is 185 Å². The Morgan fingerprint density at radius 2 is 1.90 bits per heavy atom. The third-order valence-corrected chi connectivity index (χ3v) is 5.38. The molecule has 0 aliphatic rings. The van der Waals surface area contributed by atoms with Crippen LogP contribution in [0.3, 0.4) is 0 Å². The number of allylic oxidation sites excluding steroid dienone is 1. The van der Waals surface area contributed by atoms with Gasteiger partial charge in [0.25, 0.3) is 0 Å². The van der Waals surface area contributed by atoms with Crippen molar-refractivity contribution < 1.29 is 14.3 Å². The van der Waals surface area contributed by atoms with Crippen molar-refractivity contribution in [2.24, 2.45) is 7.05 Å². The summed E-state index contributed by atoms with van der Waals surface area (Å²) in [7, 11) is 3.50. The molecule has 0 aliphatic carbocycles. The maximum Gasteiger partial charge on any atom is 0.191 e. The van der Waals surface area contributed by atoms with Gasteiger partial charge in [0, 0.05) is 7.05 Å². The average molecular weight is 438 g/mol. The molecule has 0 spiro atoms. The molecule has 0 radical (unpaired) electrons. The van der Waals surface area contributed by atoms with Gasteiger partial charge >= 0.3 is 0 Å². The van der Waals surface area contributed by atoms with Gasteiger partial charge in [-0.25, -0.2) is 4.52 Å². The van der Waals surface area contributed by atoms with E-state index in [1.807, 2.05) is 61.2 Å². The van der Waals surface area contributed by atoms with E-state index in [0.717, 1.165) is 22.2 Å². The van der Waals surface area contributed by atoms with Crippen LogP contribution < -0.4 is 9.47 Å². The second kappa shape index (κ2) is 8.12. The maximum absolute atomic E-state index is 13.2. The van der Waals surface area contributed by atoms with Crippen LogP contribution in [0.5, 0.6) is 11.5 Å². The lowest BCUT2D eigenvalue weighted by Gasteiger charge is -2.15. The first-order valence-electron chi connectivity index (χ1n) is 10.0. The predicted molar refractivity (Wildman–Crippen MR) is 124 cm³/mol. The van der Waals surface area contributed by atoms with E-state index < -0.39 is 0 Å². The van der Waals surface area contributed by atoms with Crippen molar-refractivity contribution in [3.05, 3.63) is 64.3 Å². The quantitative estimate of drug-likeness (QED) is 0.296. The number of halogens is 1. The number of rotatable bonds is 6. The van der Waals surface area contributed by atoms with Crippen LogP contribution in [-0.2, 0) is 7.05 Å². The number of nitrogens with zero attached hydrogens (tertiary/aromatic N) is 3. The Bertz CT molecular complexity index is 1330. The minimum atomic E-state index is -0.129. The fraction of sp³-hybridized carbons (Fsp3) is 0.250. The van der Waals surface area contributed by atoms with E-state index in [4.69, 9.17) is 21.1 Å². The lowest BCUT2D eigenvalue weighted by atomic mass is 10.1. The zero-order valence-corrected chi connectivity index (χ0v) is 18.9. The Morgan fingerprint density at radius 3 is 2.58 bits per heavy atom. The summed E-state index contributed by atoms with van der Waals surface area (Å²) in [4.78, 5) is 13.2. The highest BCUT2D eigenvalue weighted by atomic mass is 35.5. The van der Waals surface area contributed by atoms with E-state index in [0.29, 0.717) is 27.8 Å². The van der Waals surface area contributed by atoms with Crippen LogP contribution in [0, 0.1) is 6.92 Å². The monoisotopic (exact) mass is 437 g/mol. The van der Waals surface area contributed by atoms with E-state index in [1.165, 1.54) is 6.08 Å². The molecule has 160 valence electrons. The molecule has 2 aromatic heterocycles. The number of aryl methyl sites for hydroxylation is 2. The SMILES string of the molecule is COc1cc(C=CC(=O)c2c(C)nn3c4ccccc4n(C)c23)cc(Cl)c1OC(C)C. The average Bonchev–Trinajstić information content (AvgIpc) is 3.21. The molecule has 0 saturated heterocycles. The molecule has 2 aromatic carbocycles. The number of hydrogen-bond acceptors (Lipinski definition) is 4. The van der Waals surface area contributed by atoms with Crippen LogP contribution in [0.15, 0.2) is 42.5 Å². The van der Waals surface area contributed by atoms with Gasteiger partial charge in [-0.2, -0.15) is 5.10 Å². The standard InChI is InChI=1S/C24H24ClN3O3/c1-14(2)31-23-17(25)12-16(13-21(23)30-5)10-11-20(29)22-15(3)26-28-19-9-7-6-8-18(19)27(4)24(22)28/h6-14H,1-5H3. The first-order chi connectivity index (χ1) is 14.8. The molecule has 0 bridgehead atoms. The Hall–Kier alpha value is -3.25. The smallest absolute Gasteiger partial charge is 0.191 e. The van der Waals surface area contributed by atoms with Crippen LogP contribution in [-0.4, -0.2) is 33.2 Å². The molecule has 0 saturated carbocycles. The predicted octanol–water partition coefficient (Wildman–Crippen LogP) is 5.48. The number of ketones is 1. The molecule has 4 aromatic rings. The lowest BCUT2D eigenvalue weighted by Crippen LogP contribution is -2.07. The summed E-state index contributed by atoms with van der Waals surface area (Å²) in [5, 5.41) is 5.03. The summed E-state index contributed by atoms with van der Waals surface area (Å²) in [5.41, 5.74) is 4.74. The third-order valence-electron chi connectivity index (χ3n) is 5.10. The minimum absolute atomic E-state index is 0.0390. The maximum atomic E-state index is 13.2. The summed E-state index contributed by atoms with van der Waals surface area (Å²) in [6.45, 7) is 5.69. The molecule has 0 unspecified atom stereocenters. The number of benzene rings is 2. The number of methoxy groups -OCH3 is 1. The van der Waals surface area contributed by atoms with Gasteiger partial charge in [0.15, 0.2) is 17.3 Å². The van der Waals surface area contributed by atoms with Crippen LogP contribution >= 0.6 is 11.6 Å². The first-order valence-corrected chi connectivity index (χ1v) is 10.4. The van der Waals surface area contributed by atoms with Crippen LogP contribution in [0.1, 0.15) is 35.5 Å². The fourth-order valence-corrected chi connectivity index (χ4v) is 4.03. The van der Waals surface area contributed by atoms with Crippen molar-refractivity contribution >= 4 is 40.1 Å². The van der Waals surface area contributed by atoms with Crippen molar-refractivity contribution in [1.29, 1.82) is 0 Å². The number of para-hydroxylation sites is 2. The van der Waals surface area contributed by atoms with Crippen molar-refractivity contribution in [1.82, 2.24) is 14.2 Å². The Balaban J connectivity index is 1.73. The van der Waals surface area contributed by atoms with E-state index in [-0.39, 0.29) is 11.9 Å². The number of ether oxygens (including phenoxy) is 2. The molecule has 0 aliphatic heterocycles. The van der Waals surface area contributed by atoms with Gasteiger partial charge in [0.2, 0.25) is 0 Å². The zero-order valence-electron chi connectivity index (χ0n) is 18.1. The molecule has 6 nitrogen and oxygen atoms in total. The van der Waals surface area contributed by atoms with E-state index in [2.05, 4.69) is 5.10 Å². The minimum Gasteiger partial charge on any atom is -0.493 e. The fourth-order valence-electron chi connectivity index (χ4n) is 3.76. The third kappa shape index (κ3) is 3.68. The molecular weight excluding hydrogens is 414 g/mol. The molecule has 31 heavy (non-hydrogen) atoms. The second-order valence-electron chi connectivity index (χ2n) is 7.64. The van der Waals surface area contributed by atoms with E-state index in [9.17, 15) is 4.79 Å². The molecule has 0 fully saturated rings. The molecule has 0 N–H and O–H groups in total. The van der Waals surface area contributed by atoms with Gasteiger partial charge in [-0.05, 0) is 56.7 Å². The normalized spacial score (nSPS) is 11.8. The molecule has 0 amide bonds. The number of hydrogen-bond donors (Lipinski definition) is 0. The topological polar surface area (TPSA) is 57.8 Å². The number of aromatic nitrogens is 3. The van der Waals surface area contributed by atoms with Crippen LogP contribution in [0.2, 0.25) is 5.02 Å². The van der Waals surface area contributed by atoms with Gasteiger partial charge in [0.05, 0.1) is 40.5 Å². The second-order valence-corrected chi connectivity index (χ2v) is 8.05. The molecule has 0 atom stereocenters. The van der Waals surface area contributed by atoms with Gasteiger partial charge in [-0.15, -0.1) is 0 Å². The molecule has 2 heterocycles. The summed E-state index contributed by atoms with van der Waals surface area (Å²) in [6, 6.07) is 11.5. The largest absolute Gasteiger partial charge is 0.493 e. The van der Waals surface area contributed by atoms with Gasteiger partial charge in [-0.3, -0.25) is 4.79 Å². The number of carbonyl (C=O) groups is 1. The van der Waals surface area contributed by atoms with E-state index in [1.54, 1.807) is 25.3 Å². The van der Waals surface area contributed by atoms with Crippen LogP contribution in [0.4, 0.5) is 0 Å². The van der Waals surface area contributed by atoms with Crippen molar-refractivity contribution in [2.45, 2.75) is 26.9 Å². The molecular formula is C24H24ClN3O3. The van der Waals surface area contributed by atoms with Crippen molar-refractivity contribution in [3.63, 3.8) is 0 Å². The van der Waals surface area contributed by atoms with Crippen LogP contribution in [0.25, 0.3) is 22.8 Å². The highest BCUT2D eigenvalue weighted by Gasteiger charge is 2.21. The van der Waals surface area contributed by atoms with Gasteiger partial charge < -0.3 is 14.0 Å². The molecule has 4 rings (SSSR count).